The fourth-order valence-corrected chi connectivity index (χ4v) is 4.57. The summed E-state index contributed by atoms with van der Waals surface area (Å²) in [6, 6.07) is 10.2. The summed E-state index contributed by atoms with van der Waals surface area (Å²) in [5.74, 6) is 0.312. The molecule has 0 bridgehead atoms. The van der Waals surface area contributed by atoms with Crippen LogP contribution in [0.25, 0.3) is 0 Å². The van der Waals surface area contributed by atoms with E-state index < -0.39 is 0 Å². The molecule has 1 aromatic heterocycles. The van der Waals surface area contributed by atoms with E-state index in [-0.39, 0.29) is 17.7 Å². The molecule has 1 aliphatic carbocycles. The van der Waals surface area contributed by atoms with Crippen molar-refractivity contribution in [2.24, 2.45) is 0 Å². The molecular formula is C20H22N2O2S. The van der Waals surface area contributed by atoms with Crippen LogP contribution in [0.2, 0.25) is 0 Å². The first-order valence-electron chi connectivity index (χ1n) is 8.92. The van der Waals surface area contributed by atoms with Gasteiger partial charge >= 0.3 is 0 Å². The molecule has 0 saturated carbocycles. The Bertz CT molecular complexity index is 772. The molecule has 130 valence electrons. The standard InChI is InChI=1S/C20H22N2O2S/c23-19(16-8-13-25-14-16)21-9-3-10-22(12-11-21)20(24)18-7-6-15-4-1-2-5-17(15)18/h1-2,4-5,8,13-14,18H,3,6-7,9-12H2. The number of thiophene rings is 1. The summed E-state index contributed by atoms with van der Waals surface area (Å²) < 4.78 is 0. The predicted molar refractivity (Wildman–Crippen MR) is 98.9 cm³/mol. The van der Waals surface area contributed by atoms with E-state index in [4.69, 9.17) is 0 Å². The molecule has 2 aliphatic rings. The molecule has 5 heteroatoms. The second-order valence-corrected chi connectivity index (χ2v) is 7.55. The van der Waals surface area contributed by atoms with Gasteiger partial charge in [-0.15, -0.1) is 0 Å². The maximum Gasteiger partial charge on any atom is 0.254 e. The third kappa shape index (κ3) is 3.21. The van der Waals surface area contributed by atoms with Crippen molar-refractivity contribution >= 4 is 23.2 Å². The van der Waals surface area contributed by atoms with Crippen LogP contribution in [0.15, 0.2) is 41.1 Å². The summed E-state index contributed by atoms with van der Waals surface area (Å²) in [5, 5.41) is 3.82. The van der Waals surface area contributed by atoms with Crippen molar-refractivity contribution in [1.29, 1.82) is 0 Å². The molecule has 2 amide bonds. The van der Waals surface area contributed by atoms with Crippen molar-refractivity contribution in [3.63, 3.8) is 0 Å². The van der Waals surface area contributed by atoms with E-state index in [2.05, 4.69) is 12.1 Å². The Hall–Kier alpha value is -2.14. The van der Waals surface area contributed by atoms with Crippen LogP contribution in [0.5, 0.6) is 0 Å². The molecule has 2 aromatic rings. The number of benzene rings is 1. The third-order valence-electron chi connectivity index (χ3n) is 5.29. The number of carbonyl (C=O) groups excluding carboxylic acids is 2. The van der Waals surface area contributed by atoms with Gasteiger partial charge in [-0.1, -0.05) is 24.3 Å². The van der Waals surface area contributed by atoms with Crippen LogP contribution in [0.1, 0.15) is 40.2 Å². The minimum Gasteiger partial charge on any atom is -0.340 e. The quantitative estimate of drug-likeness (QED) is 0.831. The lowest BCUT2D eigenvalue weighted by molar-refractivity contribution is -0.132. The number of carbonyl (C=O) groups is 2. The number of nitrogens with zero attached hydrogens (tertiary/aromatic N) is 2. The number of amides is 2. The molecular weight excluding hydrogens is 332 g/mol. The van der Waals surface area contributed by atoms with Gasteiger partial charge in [-0.25, -0.2) is 0 Å². The molecule has 1 aromatic carbocycles. The molecule has 0 spiro atoms. The second-order valence-electron chi connectivity index (χ2n) is 6.77. The molecule has 0 radical (unpaired) electrons. The summed E-state index contributed by atoms with van der Waals surface area (Å²) in [4.78, 5) is 29.4. The lowest BCUT2D eigenvalue weighted by atomic mass is 10.00. The highest BCUT2D eigenvalue weighted by molar-refractivity contribution is 7.08. The lowest BCUT2D eigenvalue weighted by Gasteiger charge is -2.25. The van der Waals surface area contributed by atoms with E-state index in [9.17, 15) is 9.59 Å². The van der Waals surface area contributed by atoms with Crippen molar-refractivity contribution in [3.05, 3.63) is 57.8 Å². The molecule has 1 unspecified atom stereocenters. The van der Waals surface area contributed by atoms with Gasteiger partial charge in [-0.2, -0.15) is 11.3 Å². The van der Waals surface area contributed by atoms with Gasteiger partial charge in [0.25, 0.3) is 5.91 Å². The number of hydrogen-bond acceptors (Lipinski definition) is 3. The number of hydrogen-bond donors (Lipinski definition) is 0. The van der Waals surface area contributed by atoms with Gasteiger partial charge in [-0.3, -0.25) is 9.59 Å². The largest absolute Gasteiger partial charge is 0.340 e. The first kappa shape index (κ1) is 16.3. The van der Waals surface area contributed by atoms with E-state index in [1.54, 1.807) is 11.3 Å². The van der Waals surface area contributed by atoms with E-state index in [1.807, 2.05) is 38.8 Å². The molecule has 4 rings (SSSR count). The van der Waals surface area contributed by atoms with Gasteiger partial charge in [0.15, 0.2) is 0 Å². The average Bonchev–Trinajstić information content (AvgIpc) is 3.25. The van der Waals surface area contributed by atoms with Crippen LogP contribution < -0.4 is 0 Å². The smallest absolute Gasteiger partial charge is 0.254 e. The zero-order chi connectivity index (χ0) is 17.2. The maximum atomic E-state index is 13.0. The molecule has 1 atom stereocenters. The summed E-state index contributed by atoms with van der Waals surface area (Å²) >= 11 is 1.54. The molecule has 2 heterocycles. The van der Waals surface area contributed by atoms with Gasteiger partial charge in [0.2, 0.25) is 5.91 Å². The fraction of sp³-hybridized carbons (Fsp3) is 0.400. The Morgan fingerprint density at radius 3 is 2.64 bits per heavy atom. The van der Waals surface area contributed by atoms with E-state index in [0.29, 0.717) is 13.1 Å². The molecule has 4 nitrogen and oxygen atoms in total. The molecule has 1 fully saturated rings. The number of fused-ring (bicyclic) bond motifs is 1. The number of aryl methyl sites for hydroxylation is 1. The third-order valence-corrected chi connectivity index (χ3v) is 5.98. The van der Waals surface area contributed by atoms with E-state index >= 15 is 0 Å². The van der Waals surface area contributed by atoms with Crippen LogP contribution in [0.3, 0.4) is 0 Å². The highest BCUT2D eigenvalue weighted by Gasteiger charge is 2.32. The molecule has 1 saturated heterocycles. The Kier molecular flexibility index (Phi) is 4.57. The van der Waals surface area contributed by atoms with Crippen molar-refractivity contribution in [1.82, 2.24) is 9.80 Å². The van der Waals surface area contributed by atoms with Crippen molar-refractivity contribution in [2.75, 3.05) is 26.2 Å². The molecule has 1 aliphatic heterocycles. The summed E-state index contributed by atoms with van der Waals surface area (Å²) in [6.07, 6.45) is 2.74. The summed E-state index contributed by atoms with van der Waals surface area (Å²) in [5.41, 5.74) is 3.27. The maximum absolute atomic E-state index is 13.0. The van der Waals surface area contributed by atoms with E-state index in [1.165, 1.54) is 11.1 Å². The predicted octanol–water partition coefficient (Wildman–Crippen LogP) is 3.15. The SMILES string of the molecule is O=C(c1ccsc1)N1CCCN(C(=O)C2CCc3ccccc32)CC1. The zero-order valence-electron chi connectivity index (χ0n) is 14.2. The monoisotopic (exact) mass is 354 g/mol. The van der Waals surface area contributed by atoms with Crippen LogP contribution in [0.4, 0.5) is 0 Å². The molecule has 0 N–H and O–H groups in total. The number of rotatable bonds is 2. The van der Waals surface area contributed by atoms with Crippen molar-refractivity contribution in [2.45, 2.75) is 25.2 Å². The van der Waals surface area contributed by atoms with Gasteiger partial charge in [0, 0.05) is 31.6 Å². The van der Waals surface area contributed by atoms with Gasteiger partial charge < -0.3 is 9.80 Å². The lowest BCUT2D eigenvalue weighted by Crippen LogP contribution is -2.39. The highest BCUT2D eigenvalue weighted by Crippen LogP contribution is 2.34. The van der Waals surface area contributed by atoms with Crippen molar-refractivity contribution in [3.8, 4) is 0 Å². The van der Waals surface area contributed by atoms with Gasteiger partial charge in [0.05, 0.1) is 11.5 Å². The van der Waals surface area contributed by atoms with Crippen molar-refractivity contribution < 1.29 is 9.59 Å². The minimum absolute atomic E-state index is 0.00433. The summed E-state index contributed by atoms with van der Waals surface area (Å²) in [6.45, 7) is 2.72. The Labute approximate surface area is 152 Å². The highest BCUT2D eigenvalue weighted by atomic mass is 32.1. The summed E-state index contributed by atoms with van der Waals surface area (Å²) in [7, 11) is 0. The zero-order valence-corrected chi connectivity index (χ0v) is 15.0. The van der Waals surface area contributed by atoms with Gasteiger partial charge in [0.1, 0.15) is 0 Å². The normalized spacial score (nSPS) is 20.2. The second kappa shape index (κ2) is 7.00. The topological polar surface area (TPSA) is 40.6 Å². The fourth-order valence-electron chi connectivity index (χ4n) is 3.94. The van der Waals surface area contributed by atoms with E-state index in [0.717, 1.165) is 37.9 Å². The minimum atomic E-state index is -0.00433. The Morgan fingerprint density at radius 1 is 1.00 bits per heavy atom. The van der Waals surface area contributed by atoms with Crippen LogP contribution in [-0.4, -0.2) is 47.8 Å². The van der Waals surface area contributed by atoms with Crippen LogP contribution in [0, 0.1) is 0 Å². The van der Waals surface area contributed by atoms with Crippen LogP contribution in [-0.2, 0) is 11.2 Å². The van der Waals surface area contributed by atoms with Crippen LogP contribution >= 0.6 is 11.3 Å². The average molecular weight is 354 g/mol. The Balaban J connectivity index is 1.43. The molecule has 25 heavy (non-hydrogen) atoms. The Morgan fingerprint density at radius 2 is 1.80 bits per heavy atom. The van der Waals surface area contributed by atoms with Gasteiger partial charge in [-0.05, 0) is 41.8 Å². The first-order chi connectivity index (χ1) is 12.2. The first-order valence-corrected chi connectivity index (χ1v) is 9.86.